The van der Waals surface area contributed by atoms with E-state index in [0.717, 1.165) is 12.0 Å². The van der Waals surface area contributed by atoms with Gasteiger partial charge in [-0.1, -0.05) is 68.4 Å². The molecule has 0 aliphatic carbocycles. The minimum atomic E-state index is -0.799. The fraction of sp³-hybridized carbons (Fsp3) is 0.259. The average molecular weight is 430 g/mol. The van der Waals surface area contributed by atoms with Gasteiger partial charge in [0.2, 0.25) is 6.29 Å². The van der Waals surface area contributed by atoms with Gasteiger partial charge in [0.1, 0.15) is 5.75 Å². The topological polar surface area (TPSA) is 55.8 Å². The Labute approximate surface area is 188 Å². The minimum absolute atomic E-state index is 0.00624. The summed E-state index contributed by atoms with van der Waals surface area (Å²) in [5.74, 6) is 0.448. The van der Waals surface area contributed by atoms with E-state index in [0.29, 0.717) is 29.4 Å². The largest absolute Gasteiger partial charge is 0.463 e. The van der Waals surface area contributed by atoms with Crippen molar-refractivity contribution in [3.8, 4) is 5.75 Å². The molecule has 2 unspecified atom stereocenters. The molecular weight excluding hydrogens is 402 g/mol. The Bertz CT molecular complexity index is 1040. The first kappa shape index (κ1) is 21.8. The van der Waals surface area contributed by atoms with Gasteiger partial charge in [0.25, 0.3) is 11.8 Å². The molecule has 2 atom stereocenters. The molecule has 0 bridgehead atoms. The normalized spacial score (nSPS) is 14.9. The van der Waals surface area contributed by atoms with Gasteiger partial charge in [-0.3, -0.25) is 14.5 Å². The zero-order valence-electron chi connectivity index (χ0n) is 18.4. The standard InChI is InChI=1S/C27H27NO4/c1-3-19(2)21-13-15-22(16-14-21)32-25(31-18-20-9-5-4-6-10-20)17-28-26(29)23-11-7-8-12-24(23)27(28)30/h4-16,19,25H,3,17-18H2,1-2H3. The summed E-state index contributed by atoms with van der Waals surface area (Å²) >= 11 is 0. The van der Waals surface area contributed by atoms with E-state index >= 15 is 0 Å². The van der Waals surface area contributed by atoms with Crippen LogP contribution in [0.4, 0.5) is 0 Å². The van der Waals surface area contributed by atoms with E-state index in [1.165, 1.54) is 10.5 Å². The summed E-state index contributed by atoms with van der Waals surface area (Å²) in [6.45, 7) is 4.65. The second-order valence-electron chi connectivity index (χ2n) is 7.99. The van der Waals surface area contributed by atoms with E-state index in [9.17, 15) is 9.59 Å². The molecule has 4 rings (SSSR count). The molecule has 1 aliphatic heterocycles. The minimum Gasteiger partial charge on any atom is -0.463 e. The van der Waals surface area contributed by atoms with Gasteiger partial charge in [0.15, 0.2) is 0 Å². The van der Waals surface area contributed by atoms with Crippen LogP contribution in [0.2, 0.25) is 0 Å². The zero-order chi connectivity index (χ0) is 22.5. The lowest BCUT2D eigenvalue weighted by Crippen LogP contribution is -2.40. The van der Waals surface area contributed by atoms with Crippen molar-refractivity contribution in [3.63, 3.8) is 0 Å². The van der Waals surface area contributed by atoms with Crippen LogP contribution in [0.1, 0.15) is 58.0 Å². The van der Waals surface area contributed by atoms with Crippen LogP contribution in [0.3, 0.4) is 0 Å². The molecule has 0 N–H and O–H groups in total. The summed E-state index contributed by atoms with van der Waals surface area (Å²) < 4.78 is 12.1. The predicted molar refractivity (Wildman–Crippen MR) is 123 cm³/mol. The Morgan fingerprint density at radius 2 is 1.41 bits per heavy atom. The van der Waals surface area contributed by atoms with Gasteiger partial charge in [-0.15, -0.1) is 0 Å². The van der Waals surface area contributed by atoms with Gasteiger partial charge in [-0.25, -0.2) is 0 Å². The number of carbonyl (C=O) groups is 2. The van der Waals surface area contributed by atoms with Gasteiger partial charge < -0.3 is 9.47 Å². The third kappa shape index (κ3) is 4.73. The third-order valence-electron chi connectivity index (χ3n) is 5.82. The van der Waals surface area contributed by atoms with Crippen LogP contribution >= 0.6 is 0 Å². The number of rotatable bonds is 9. The number of amides is 2. The van der Waals surface area contributed by atoms with Crippen LogP contribution in [0.5, 0.6) is 5.75 Å². The summed E-state index contributed by atoms with van der Waals surface area (Å²) in [6, 6.07) is 24.5. The van der Waals surface area contributed by atoms with Crippen molar-refractivity contribution in [2.24, 2.45) is 0 Å². The first-order valence-electron chi connectivity index (χ1n) is 10.9. The molecule has 1 heterocycles. The molecule has 3 aromatic rings. The second kappa shape index (κ2) is 9.79. The van der Waals surface area contributed by atoms with Crippen molar-refractivity contribution in [1.29, 1.82) is 0 Å². The second-order valence-corrected chi connectivity index (χ2v) is 7.99. The van der Waals surface area contributed by atoms with E-state index in [-0.39, 0.29) is 18.4 Å². The van der Waals surface area contributed by atoms with Crippen molar-refractivity contribution in [1.82, 2.24) is 4.90 Å². The van der Waals surface area contributed by atoms with Crippen LogP contribution in [-0.4, -0.2) is 29.5 Å². The molecule has 5 heteroatoms. The molecule has 2 amide bonds. The summed E-state index contributed by atoms with van der Waals surface area (Å²) in [5, 5.41) is 0. The molecule has 0 saturated heterocycles. The number of carbonyl (C=O) groups excluding carboxylic acids is 2. The molecule has 0 saturated carbocycles. The fourth-order valence-corrected chi connectivity index (χ4v) is 3.70. The maximum atomic E-state index is 12.8. The van der Waals surface area contributed by atoms with Crippen LogP contribution in [0.15, 0.2) is 78.9 Å². The zero-order valence-corrected chi connectivity index (χ0v) is 18.4. The van der Waals surface area contributed by atoms with E-state index in [1.54, 1.807) is 24.3 Å². The quantitative estimate of drug-likeness (QED) is 0.337. The van der Waals surface area contributed by atoms with Crippen molar-refractivity contribution < 1.29 is 19.1 Å². The van der Waals surface area contributed by atoms with Gasteiger partial charge in [0, 0.05) is 0 Å². The number of ether oxygens (including phenoxy) is 2. The number of benzene rings is 3. The van der Waals surface area contributed by atoms with Gasteiger partial charge in [-0.2, -0.15) is 0 Å². The van der Waals surface area contributed by atoms with E-state index in [1.807, 2.05) is 54.6 Å². The van der Waals surface area contributed by atoms with E-state index < -0.39 is 6.29 Å². The number of hydrogen-bond donors (Lipinski definition) is 0. The molecule has 164 valence electrons. The maximum Gasteiger partial charge on any atom is 0.261 e. The maximum absolute atomic E-state index is 12.8. The number of hydrogen-bond acceptors (Lipinski definition) is 4. The Kier molecular flexibility index (Phi) is 6.66. The smallest absolute Gasteiger partial charge is 0.261 e. The van der Waals surface area contributed by atoms with Crippen LogP contribution in [0, 0.1) is 0 Å². The molecule has 5 nitrogen and oxygen atoms in total. The Morgan fingerprint density at radius 1 is 0.812 bits per heavy atom. The summed E-state index contributed by atoms with van der Waals surface area (Å²) in [6.07, 6.45) is 0.259. The lowest BCUT2D eigenvalue weighted by atomic mass is 9.99. The Morgan fingerprint density at radius 3 is 2.00 bits per heavy atom. The van der Waals surface area contributed by atoms with Crippen LogP contribution in [0.25, 0.3) is 0 Å². The molecular formula is C27H27NO4. The number of nitrogens with zero attached hydrogens (tertiary/aromatic N) is 1. The molecule has 0 radical (unpaired) electrons. The van der Waals surface area contributed by atoms with Crippen molar-refractivity contribution in [2.45, 2.75) is 39.1 Å². The highest BCUT2D eigenvalue weighted by atomic mass is 16.7. The summed E-state index contributed by atoms with van der Waals surface area (Å²) in [5.41, 5.74) is 3.05. The Balaban J connectivity index is 1.51. The monoisotopic (exact) mass is 429 g/mol. The summed E-state index contributed by atoms with van der Waals surface area (Å²) in [7, 11) is 0. The van der Waals surface area contributed by atoms with Crippen molar-refractivity contribution in [3.05, 3.63) is 101 Å². The summed E-state index contributed by atoms with van der Waals surface area (Å²) in [4.78, 5) is 26.8. The SMILES string of the molecule is CCC(C)c1ccc(OC(CN2C(=O)c3ccccc3C2=O)OCc2ccccc2)cc1. The first-order chi connectivity index (χ1) is 15.6. The van der Waals surface area contributed by atoms with Gasteiger partial charge in [0.05, 0.1) is 24.3 Å². The highest BCUT2D eigenvalue weighted by molar-refractivity contribution is 6.21. The number of fused-ring (bicyclic) bond motifs is 1. The Hall–Kier alpha value is -3.44. The highest BCUT2D eigenvalue weighted by Crippen LogP contribution is 2.25. The van der Waals surface area contributed by atoms with E-state index in [2.05, 4.69) is 13.8 Å². The van der Waals surface area contributed by atoms with Crippen molar-refractivity contribution >= 4 is 11.8 Å². The van der Waals surface area contributed by atoms with Gasteiger partial charge in [-0.05, 0) is 47.7 Å². The molecule has 3 aromatic carbocycles. The van der Waals surface area contributed by atoms with E-state index in [4.69, 9.17) is 9.47 Å². The van der Waals surface area contributed by atoms with Crippen LogP contribution < -0.4 is 4.74 Å². The predicted octanol–water partition coefficient (Wildman–Crippen LogP) is 5.42. The molecule has 1 aliphatic rings. The lowest BCUT2D eigenvalue weighted by Gasteiger charge is -2.24. The first-order valence-corrected chi connectivity index (χ1v) is 10.9. The molecule has 32 heavy (non-hydrogen) atoms. The number of imide groups is 1. The third-order valence-corrected chi connectivity index (χ3v) is 5.82. The van der Waals surface area contributed by atoms with Crippen molar-refractivity contribution in [2.75, 3.05) is 6.54 Å². The van der Waals surface area contributed by atoms with Gasteiger partial charge >= 0.3 is 0 Å². The molecule has 0 fully saturated rings. The molecule has 0 spiro atoms. The fourth-order valence-electron chi connectivity index (χ4n) is 3.70. The van der Waals surface area contributed by atoms with Crippen LogP contribution in [-0.2, 0) is 11.3 Å². The molecule has 0 aromatic heterocycles. The average Bonchev–Trinajstić information content (AvgIpc) is 3.08. The lowest BCUT2D eigenvalue weighted by molar-refractivity contribution is -0.0962. The highest BCUT2D eigenvalue weighted by Gasteiger charge is 2.37.